The van der Waals surface area contributed by atoms with Gasteiger partial charge in [-0.15, -0.1) is 0 Å². The molecule has 0 spiro atoms. The van der Waals surface area contributed by atoms with E-state index in [0.717, 1.165) is 29.6 Å². The van der Waals surface area contributed by atoms with Crippen LogP contribution in [0.4, 0.5) is 11.8 Å². The molecule has 0 amide bonds. The zero-order valence-electron chi connectivity index (χ0n) is 10.0. The largest absolute Gasteiger partial charge is 0.368 e. The Hall–Kier alpha value is -0.840. The molecule has 1 rings (SSSR count). The maximum Gasteiger partial charge on any atom is 0.221 e. The number of nitrogen functional groups attached to an aromatic ring is 1. The lowest BCUT2D eigenvalue weighted by molar-refractivity contribution is 0.418. The van der Waals surface area contributed by atoms with Crippen LogP contribution in [-0.2, 0) is 0 Å². The molecule has 0 bridgehead atoms. The quantitative estimate of drug-likeness (QED) is 0.873. The van der Waals surface area contributed by atoms with Gasteiger partial charge in [0.2, 0.25) is 5.95 Å². The fraction of sp³-hybridized carbons (Fsp3) is 0.636. The highest BCUT2D eigenvalue weighted by Crippen LogP contribution is 2.28. The molecule has 3 N–H and O–H groups in total. The molecule has 16 heavy (non-hydrogen) atoms. The lowest BCUT2D eigenvalue weighted by Gasteiger charge is -2.32. The van der Waals surface area contributed by atoms with Gasteiger partial charge in [-0.25, -0.2) is 4.98 Å². The Morgan fingerprint density at radius 1 is 1.31 bits per heavy atom. The van der Waals surface area contributed by atoms with E-state index in [1.807, 2.05) is 0 Å². The lowest BCUT2D eigenvalue weighted by atomic mass is 9.90. The van der Waals surface area contributed by atoms with E-state index in [-0.39, 0.29) is 5.54 Å². The van der Waals surface area contributed by atoms with E-state index in [1.54, 1.807) is 6.20 Å². The number of hydrogen-bond acceptors (Lipinski definition) is 4. The Kier molecular flexibility index (Phi) is 4.53. The molecule has 1 heterocycles. The van der Waals surface area contributed by atoms with E-state index in [2.05, 4.69) is 52.0 Å². The number of nitrogens with two attached hydrogens (primary N) is 1. The summed E-state index contributed by atoms with van der Waals surface area (Å²) < 4.78 is 0.849. The summed E-state index contributed by atoms with van der Waals surface area (Å²) >= 11 is 3.43. The number of halogens is 1. The number of aromatic nitrogens is 2. The molecule has 0 unspecified atom stereocenters. The molecular weight excluding hydrogens is 268 g/mol. The number of nitrogens with one attached hydrogen (secondary N) is 1. The van der Waals surface area contributed by atoms with Crippen LogP contribution in [0.15, 0.2) is 10.7 Å². The van der Waals surface area contributed by atoms with Crippen LogP contribution in [-0.4, -0.2) is 15.5 Å². The molecule has 0 aliphatic heterocycles. The zero-order chi connectivity index (χ0) is 12.2. The van der Waals surface area contributed by atoms with E-state index in [4.69, 9.17) is 5.73 Å². The third-order valence-corrected chi connectivity index (χ3v) is 3.76. The highest BCUT2D eigenvalue weighted by molar-refractivity contribution is 9.10. The molecule has 0 aromatic carbocycles. The average Bonchev–Trinajstić information content (AvgIpc) is 2.31. The van der Waals surface area contributed by atoms with Crippen LogP contribution < -0.4 is 11.1 Å². The first-order valence-electron chi connectivity index (χ1n) is 5.63. The molecular formula is C11H19BrN4. The average molecular weight is 287 g/mol. The summed E-state index contributed by atoms with van der Waals surface area (Å²) in [5, 5.41) is 3.47. The summed E-state index contributed by atoms with van der Waals surface area (Å²) in [4.78, 5) is 8.14. The number of anilines is 2. The minimum Gasteiger partial charge on any atom is -0.368 e. The van der Waals surface area contributed by atoms with Gasteiger partial charge in [-0.3, -0.25) is 0 Å². The molecule has 0 radical (unpaired) electrons. The third-order valence-electron chi connectivity index (χ3n) is 3.18. The van der Waals surface area contributed by atoms with Crippen molar-refractivity contribution in [1.29, 1.82) is 0 Å². The Morgan fingerprint density at radius 2 is 1.88 bits per heavy atom. The van der Waals surface area contributed by atoms with Gasteiger partial charge in [-0.2, -0.15) is 4.98 Å². The maximum absolute atomic E-state index is 5.59. The molecule has 0 saturated carbocycles. The summed E-state index contributed by atoms with van der Waals surface area (Å²) in [5.74, 6) is 1.07. The van der Waals surface area contributed by atoms with E-state index in [0.29, 0.717) is 5.95 Å². The number of nitrogens with zero attached hydrogens (tertiary/aromatic N) is 2. The van der Waals surface area contributed by atoms with Crippen LogP contribution in [0, 0.1) is 0 Å². The van der Waals surface area contributed by atoms with E-state index >= 15 is 0 Å². The van der Waals surface area contributed by atoms with Gasteiger partial charge in [0.05, 0.1) is 4.47 Å². The number of hydrogen-bond donors (Lipinski definition) is 2. The summed E-state index contributed by atoms with van der Waals surface area (Å²) in [5.41, 5.74) is 5.67. The first kappa shape index (κ1) is 13.2. The fourth-order valence-electron chi connectivity index (χ4n) is 1.73. The van der Waals surface area contributed by atoms with Crippen LogP contribution in [0.3, 0.4) is 0 Å². The van der Waals surface area contributed by atoms with Gasteiger partial charge >= 0.3 is 0 Å². The second-order valence-electron chi connectivity index (χ2n) is 3.89. The van der Waals surface area contributed by atoms with E-state index in [9.17, 15) is 0 Å². The molecule has 0 aliphatic carbocycles. The lowest BCUT2D eigenvalue weighted by Crippen LogP contribution is -2.36. The van der Waals surface area contributed by atoms with Crippen molar-refractivity contribution in [1.82, 2.24) is 9.97 Å². The van der Waals surface area contributed by atoms with Crippen LogP contribution in [0.5, 0.6) is 0 Å². The van der Waals surface area contributed by atoms with Crippen molar-refractivity contribution in [2.24, 2.45) is 0 Å². The van der Waals surface area contributed by atoms with Crippen LogP contribution >= 0.6 is 15.9 Å². The molecule has 0 atom stereocenters. The molecule has 0 fully saturated rings. The normalized spacial score (nSPS) is 11.5. The third kappa shape index (κ3) is 2.84. The van der Waals surface area contributed by atoms with Crippen molar-refractivity contribution >= 4 is 27.7 Å². The van der Waals surface area contributed by atoms with Crippen molar-refractivity contribution in [3.8, 4) is 0 Å². The molecule has 90 valence electrons. The van der Waals surface area contributed by atoms with E-state index < -0.39 is 0 Å². The van der Waals surface area contributed by atoms with Crippen molar-refractivity contribution in [2.45, 2.75) is 45.6 Å². The monoisotopic (exact) mass is 286 g/mol. The van der Waals surface area contributed by atoms with Gasteiger partial charge in [-0.05, 0) is 35.2 Å². The van der Waals surface area contributed by atoms with Crippen molar-refractivity contribution < 1.29 is 0 Å². The SMILES string of the molecule is CCC(CC)(CC)Nc1nc(N)ncc1Br. The second-order valence-corrected chi connectivity index (χ2v) is 4.75. The predicted molar refractivity (Wildman–Crippen MR) is 71.4 cm³/mol. The summed E-state index contributed by atoms with van der Waals surface area (Å²) in [6.07, 6.45) is 4.83. The highest BCUT2D eigenvalue weighted by Gasteiger charge is 2.24. The molecule has 1 aromatic rings. The molecule has 1 aromatic heterocycles. The highest BCUT2D eigenvalue weighted by atomic mass is 79.9. The Labute approximate surface area is 105 Å². The minimum absolute atomic E-state index is 0.0866. The molecule has 4 nitrogen and oxygen atoms in total. The van der Waals surface area contributed by atoms with Crippen molar-refractivity contribution in [3.63, 3.8) is 0 Å². The maximum atomic E-state index is 5.59. The van der Waals surface area contributed by atoms with E-state index in [1.165, 1.54) is 0 Å². The van der Waals surface area contributed by atoms with Crippen LogP contribution in [0.2, 0.25) is 0 Å². The topological polar surface area (TPSA) is 63.8 Å². The smallest absolute Gasteiger partial charge is 0.221 e. The van der Waals surface area contributed by atoms with Crippen molar-refractivity contribution in [2.75, 3.05) is 11.1 Å². The van der Waals surface area contributed by atoms with Gasteiger partial charge in [0.15, 0.2) is 0 Å². The number of rotatable bonds is 5. The van der Waals surface area contributed by atoms with Crippen molar-refractivity contribution in [3.05, 3.63) is 10.7 Å². The summed E-state index contributed by atoms with van der Waals surface area (Å²) in [6, 6.07) is 0. The van der Waals surface area contributed by atoms with Gasteiger partial charge in [-0.1, -0.05) is 20.8 Å². The Bertz CT molecular complexity index is 342. The standard InChI is InChI=1S/C11H19BrN4/c1-4-11(5-2,6-3)16-9-8(12)7-14-10(13)15-9/h7H,4-6H2,1-3H3,(H3,13,14,15,16). The van der Waals surface area contributed by atoms with Crippen LogP contribution in [0.1, 0.15) is 40.0 Å². The Morgan fingerprint density at radius 3 is 2.38 bits per heavy atom. The minimum atomic E-state index is 0.0866. The second kappa shape index (κ2) is 5.48. The van der Waals surface area contributed by atoms with Crippen LogP contribution in [0.25, 0.3) is 0 Å². The van der Waals surface area contributed by atoms with Gasteiger partial charge < -0.3 is 11.1 Å². The fourth-order valence-corrected chi connectivity index (χ4v) is 2.02. The van der Waals surface area contributed by atoms with Gasteiger partial charge in [0.25, 0.3) is 0 Å². The molecule has 5 heteroatoms. The summed E-state index contributed by atoms with van der Waals surface area (Å²) in [7, 11) is 0. The Balaban J connectivity index is 2.97. The molecule has 0 saturated heterocycles. The zero-order valence-corrected chi connectivity index (χ0v) is 11.6. The summed E-state index contributed by atoms with van der Waals surface area (Å²) in [6.45, 7) is 6.54. The van der Waals surface area contributed by atoms with Gasteiger partial charge in [0.1, 0.15) is 5.82 Å². The predicted octanol–water partition coefficient (Wildman–Crippen LogP) is 3.20. The first-order chi connectivity index (χ1) is 7.56. The van der Waals surface area contributed by atoms with Gasteiger partial charge in [0, 0.05) is 11.7 Å². The first-order valence-corrected chi connectivity index (χ1v) is 6.42. The molecule has 0 aliphatic rings.